The molecule has 0 radical (unpaired) electrons. The van der Waals surface area contributed by atoms with Crippen LogP contribution in [-0.4, -0.2) is 36.2 Å². The molecule has 0 bridgehead atoms. The van der Waals surface area contributed by atoms with Gasteiger partial charge in [-0.2, -0.15) is 5.26 Å². The fourth-order valence-electron chi connectivity index (χ4n) is 4.02. The van der Waals surface area contributed by atoms with E-state index < -0.39 is 0 Å². The lowest BCUT2D eigenvalue weighted by Gasteiger charge is -2.41. The van der Waals surface area contributed by atoms with Gasteiger partial charge in [0.1, 0.15) is 5.75 Å². The number of nitriles is 1. The molecule has 1 atom stereocenters. The van der Waals surface area contributed by atoms with E-state index in [0.717, 1.165) is 31.7 Å². The van der Waals surface area contributed by atoms with Crippen LogP contribution in [0.5, 0.6) is 5.75 Å². The number of aromatic hydroxyl groups is 1. The first-order chi connectivity index (χ1) is 10.8. The highest BCUT2D eigenvalue weighted by atomic mass is 35.5. The fraction of sp³-hybridized carbons (Fsp3) is 0.611. The van der Waals surface area contributed by atoms with Crippen LogP contribution < -0.4 is 5.32 Å². The second-order valence-electron chi connectivity index (χ2n) is 6.51. The van der Waals surface area contributed by atoms with Crippen LogP contribution in [0.25, 0.3) is 0 Å². The Balaban J connectivity index is 0.00000144. The monoisotopic (exact) mass is 371 g/mol. The minimum absolute atomic E-state index is 0. The highest BCUT2D eigenvalue weighted by Gasteiger charge is 2.32. The highest BCUT2D eigenvalue weighted by Crippen LogP contribution is 2.41. The molecular formula is C18H27Cl2N3O. The van der Waals surface area contributed by atoms with Gasteiger partial charge in [-0.3, -0.25) is 4.90 Å². The van der Waals surface area contributed by atoms with E-state index in [1.54, 1.807) is 12.1 Å². The lowest BCUT2D eigenvalue weighted by molar-refractivity contribution is 0.101. The molecule has 0 aromatic heterocycles. The molecule has 0 spiro atoms. The number of hydrogen-bond donors (Lipinski definition) is 2. The summed E-state index contributed by atoms with van der Waals surface area (Å²) in [7, 11) is 0. The third kappa shape index (κ3) is 4.77. The zero-order valence-electron chi connectivity index (χ0n) is 13.9. The summed E-state index contributed by atoms with van der Waals surface area (Å²) in [6.07, 6.45) is 6.35. The molecule has 0 amide bonds. The third-order valence-electron chi connectivity index (χ3n) is 5.12. The Morgan fingerprint density at radius 3 is 2.42 bits per heavy atom. The van der Waals surface area contributed by atoms with Crippen molar-refractivity contribution in [3.8, 4) is 11.8 Å². The summed E-state index contributed by atoms with van der Waals surface area (Å²) in [5.41, 5.74) is 1.59. The molecule has 1 aliphatic heterocycles. The first-order valence-electron chi connectivity index (χ1n) is 8.47. The van der Waals surface area contributed by atoms with Crippen molar-refractivity contribution in [2.75, 3.05) is 26.2 Å². The molecule has 1 aliphatic carbocycles. The van der Waals surface area contributed by atoms with Crippen LogP contribution in [0.15, 0.2) is 18.2 Å². The fourth-order valence-corrected chi connectivity index (χ4v) is 4.02. The predicted octanol–water partition coefficient (Wildman–Crippen LogP) is 3.63. The Morgan fingerprint density at radius 1 is 1.12 bits per heavy atom. The molecule has 0 unspecified atom stereocenters. The van der Waals surface area contributed by atoms with Gasteiger partial charge in [0.25, 0.3) is 0 Å². The van der Waals surface area contributed by atoms with Crippen molar-refractivity contribution in [2.45, 2.75) is 38.1 Å². The molecule has 2 aliphatic rings. The molecule has 1 aromatic rings. The van der Waals surface area contributed by atoms with Crippen molar-refractivity contribution in [1.82, 2.24) is 10.2 Å². The van der Waals surface area contributed by atoms with Crippen LogP contribution in [-0.2, 0) is 0 Å². The van der Waals surface area contributed by atoms with Gasteiger partial charge in [0.15, 0.2) is 0 Å². The number of benzene rings is 1. The van der Waals surface area contributed by atoms with Crippen molar-refractivity contribution in [3.63, 3.8) is 0 Å². The van der Waals surface area contributed by atoms with Crippen LogP contribution in [0.3, 0.4) is 0 Å². The standard InChI is InChI=1S/C18H25N3O.2ClH/c19-13-14-6-7-17(22)16(12-14)18(15-4-2-1-3-5-15)21-10-8-20-9-11-21;;/h6-7,12,15,18,20,22H,1-5,8-11H2;2*1H/t18-;;/m0../s1. The Hall–Kier alpha value is -0.990. The first-order valence-corrected chi connectivity index (χ1v) is 8.47. The van der Waals surface area contributed by atoms with Gasteiger partial charge in [0.05, 0.1) is 11.6 Å². The molecule has 1 saturated heterocycles. The molecule has 1 aromatic carbocycles. The number of nitrogens with one attached hydrogen (secondary N) is 1. The van der Waals surface area contributed by atoms with Gasteiger partial charge < -0.3 is 10.4 Å². The summed E-state index contributed by atoms with van der Waals surface area (Å²) in [4.78, 5) is 2.50. The van der Waals surface area contributed by atoms with Crippen LogP contribution in [0.2, 0.25) is 0 Å². The average molecular weight is 372 g/mol. The van der Waals surface area contributed by atoms with Crippen LogP contribution in [0.4, 0.5) is 0 Å². The number of nitrogens with zero attached hydrogens (tertiary/aromatic N) is 2. The summed E-state index contributed by atoms with van der Waals surface area (Å²) in [5.74, 6) is 0.930. The predicted molar refractivity (Wildman–Crippen MR) is 101 cm³/mol. The Bertz CT molecular complexity index is 532. The van der Waals surface area contributed by atoms with E-state index >= 15 is 0 Å². The maximum Gasteiger partial charge on any atom is 0.120 e. The third-order valence-corrected chi connectivity index (χ3v) is 5.12. The Morgan fingerprint density at radius 2 is 1.79 bits per heavy atom. The smallest absolute Gasteiger partial charge is 0.120 e. The van der Waals surface area contributed by atoms with Crippen molar-refractivity contribution >= 4 is 24.8 Å². The molecule has 4 nitrogen and oxygen atoms in total. The van der Waals surface area contributed by atoms with Gasteiger partial charge in [-0.25, -0.2) is 0 Å². The highest BCUT2D eigenvalue weighted by molar-refractivity contribution is 5.85. The first kappa shape index (κ1) is 21.1. The van der Waals surface area contributed by atoms with Crippen molar-refractivity contribution in [1.29, 1.82) is 5.26 Å². The van der Waals surface area contributed by atoms with E-state index in [0.29, 0.717) is 17.2 Å². The lowest BCUT2D eigenvalue weighted by Crippen LogP contribution is -2.47. The van der Waals surface area contributed by atoms with Crippen molar-refractivity contribution in [3.05, 3.63) is 29.3 Å². The van der Waals surface area contributed by atoms with E-state index in [1.807, 2.05) is 6.07 Å². The van der Waals surface area contributed by atoms with Crippen LogP contribution in [0, 0.1) is 17.2 Å². The number of halogens is 2. The van der Waals surface area contributed by atoms with Crippen molar-refractivity contribution in [2.24, 2.45) is 5.92 Å². The van der Waals surface area contributed by atoms with Gasteiger partial charge in [-0.1, -0.05) is 19.3 Å². The van der Waals surface area contributed by atoms with E-state index in [4.69, 9.17) is 0 Å². The molecule has 2 fully saturated rings. The summed E-state index contributed by atoms with van der Waals surface area (Å²) >= 11 is 0. The van der Waals surface area contributed by atoms with E-state index in [1.165, 1.54) is 32.1 Å². The number of hydrogen-bond acceptors (Lipinski definition) is 4. The van der Waals surface area contributed by atoms with Gasteiger partial charge in [-0.15, -0.1) is 24.8 Å². The molecular weight excluding hydrogens is 345 g/mol. The maximum absolute atomic E-state index is 10.4. The number of phenolic OH excluding ortho intramolecular Hbond substituents is 1. The van der Waals surface area contributed by atoms with Gasteiger partial charge in [0, 0.05) is 37.8 Å². The summed E-state index contributed by atoms with van der Waals surface area (Å²) in [5, 5.41) is 23.0. The van der Waals surface area contributed by atoms with Crippen molar-refractivity contribution < 1.29 is 5.11 Å². The molecule has 24 heavy (non-hydrogen) atoms. The topological polar surface area (TPSA) is 59.3 Å². The molecule has 1 heterocycles. The Kier molecular flexibility index (Phi) is 8.86. The molecule has 6 heteroatoms. The maximum atomic E-state index is 10.4. The molecule has 3 rings (SSSR count). The quantitative estimate of drug-likeness (QED) is 0.851. The normalized spacial score (nSPS) is 20.3. The Labute approximate surface area is 157 Å². The molecule has 134 valence electrons. The van der Waals surface area contributed by atoms with Crippen LogP contribution >= 0.6 is 24.8 Å². The van der Waals surface area contributed by atoms with Gasteiger partial charge in [-0.05, 0) is 37.0 Å². The van der Waals surface area contributed by atoms with Gasteiger partial charge in [0.2, 0.25) is 0 Å². The molecule has 2 N–H and O–H groups in total. The second-order valence-corrected chi connectivity index (χ2v) is 6.51. The van der Waals surface area contributed by atoms with E-state index in [2.05, 4.69) is 16.3 Å². The minimum atomic E-state index is 0. The second kappa shape index (κ2) is 10.1. The lowest BCUT2D eigenvalue weighted by atomic mass is 9.79. The molecule has 1 saturated carbocycles. The summed E-state index contributed by atoms with van der Waals surface area (Å²) in [6.45, 7) is 4.03. The number of phenols is 1. The zero-order chi connectivity index (χ0) is 15.4. The average Bonchev–Trinajstić information content (AvgIpc) is 2.59. The largest absolute Gasteiger partial charge is 0.508 e. The SMILES string of the molecule is Cl.Cl.N#Cc1ccc(O)c([C@H](C2CCCCC2)N2CCNCC2)c1. The van der Waals surface area contributed by atoms with E-state index in [-0.39, 0.29) is 30.9 Å². The summed E-state index contributed by atoms with van der Waals surface area (Å²) < 4.78 is 0. The minimum Gasteiger partial charge on any atom is -0.508 e. The number of rotatable bonds is 3. The van der Waals surface area contributed by atoms with E-state index in [9.17, 15) is 10.4 Å². The zero-order valence-corrected chi connectivity index (χ0v) is 15.5. The van der Waals surface area contributed by atoms with Crippen LogP contribution in [0.1, 0.15) is 49.3 Å². The number of piperazine rings is 1. The summed E-state index contributed by atoms with van der Waals surface area (Å²) in [6, 6.07) is 7.75. The van der Waals surface area contributed by atoms with Gasteiger partial charge >= 0.3 is 0 Å².